The fourth-order valence-electron chi connectivity index (χ4n) is 1.40. The maximum Gasteiger partial charge on any atom is 0.287 e. The Morgan fingerprint density at radius 3 is 2.58 bits per heavy atom. The van der Waals surface area contributed by atoms with Crippen molar-refractivity contribution < 1.29 is 9.72 Å². The van der Waals surface area contributed by atoms with Gasteiger partial charge in [0.25, 0.3) is 11.6 Å². The van der Waals surface area contributed by atoms with Crippen molar-refractivity contribution in [1.29, 1.82) is 0 Å². The minimum Gasteiger partial charge on any atom is -0.307 e. The minimum absolute atomic E-state index is 0.126. The first-order valence-electron chi connectivity index (χ1n) is 5.24. The van der Waals surface area contributed by atoms with Crippen molar-refractivity contribution in [3.05, 3.63) is 62.7 Å². The number of benzene rings is 1. The highest BCUT2D eigenvalue weighted by Crippen LogP contribution is 2.18. The van der Waals surface area contributed by atoms with E-state index in [0.717, 1.165) is 6.20 Å². The van der Waals surface area contributed by atoms with Crippen molar-refractivity contribution in [2.24, 2.45) is 0 Å². The number of aromatic nitrogens is 1. The molecule has 7 heteroatoms. The quantitative estimate of drug-likeness (QED) is 0.695. The van der Waals surface area contributed by atoms with Gasteiger partial charge in [0.05, 0.1) is 10.5 Å². The van der Waals surface area contributed by atoms with Crippen molar-refractivity contribution in [2.75, 3.05) is 5.32 Å². The third kappa shape index (κ3) is 3.14. The van der Waals surface area contributed by atoms with E-state index in [1.807, 2.05) is 0 Å². The van der Waals surface area contributed by atoms with Gasteiger partial charge in [-0.05, 0) is 34.1 Å². The van der Waals surface area contributed by atoms with Gasteiger partial charge < -0.3 is 5.32 Å². The van der Waals surface area contributed by atoms with Gasteiger partial charge in [-0.25, -0.2) is 4.98 Å². The molecule has 6 nitrogen and oxygen atoms in total. The minimum atomic E-state index is -0.549. The number of halogens is 1. The smallest absolute Gasteiger partial charge is 0.287 e. The van der Waals surface area contributed by atoms with Gasteiger partial charge >= 0.3 is 0 Å². The standard InChI is InChI=1S/C12H8BrN3O3/c13-10-4-2-1-3-9(10)12(17)15-11-6-5-8(7-14-11)16(18)19/h1-7H,(H,14,15,17). The summed E-state index contributed by atoms with van der Waals surface area (Å²) in [5.41, 5.74) is 0.335. The second-order valence-electron chi connectivity index (χ2n) is 3.59. The number of pyridine rings is 1. The lowest BCUT2D eigenvalue weighted by Crippen LogP contribution is -2.13. The van der Waals surface area contributed by atoms with Crippen molar-refractivity contribution in [1.82, 2.24) is 4.98 Å². The lowest BCUT2D eigenvalue weighted by Gasteiger charge is -2.05. The van der Waals surface area contributed by atoms with E-state index in [4.69, 9.17) is 0 Å². The van der Waals surface area contributed by atoms with Crippen LogP contribution in [0.4, 0.5) is 11.5 Å². The Hall–Kier alpha value is -2.28. The number of nitrogens with one attached hydrogen (secondary N) is 1. The average molecular weight is 322 g/mol. The van der Waals surface area contributed by atoms with E-state index in [1.54, 1.807) is 24.3 Å². The Balaban J connectivity index is 2.15. The predicted molar refractivity (Wildman–Crippen MR) is 73.0 cm³/mol. The molecule has 1 aromatic heterocycles. The molecule has 0 aliphatic heterocycles. The summed E-state index contributed by atoms with van der Waals surface area (Å²) in [6, 6.07) is 9.60. The Morgan fingerprint density at radius 1 is 1.26 bits per heavy atom. The van der Waals surface area contributed by atoms with Crippen LogP contribution in [0, 0.1) is 10.1 Å². The maximum atomic E-state index is 11.9. The molecular formula is C12H8BrN3O3. The Morgan fingerprint density at radius 2 is 2.00 bits per heavy atom. The van der Waals surface area contributed by atoms with Gasteiger partial charge in [-0.15, -0.1) is 0 Å². The molecule has 1 amide bonds. The van der Waals surface area contributed by atoms with Gasteiger partial charge in [0.1, 0.15) is 12.0 Å². The summed E-state index contributed by atoms with van der Waals surface area (Å²) in [7, 11) is 0. The highest BCUT2D eigenvalue weighted by molar-refractivity contribution is 9.10. The normalized spacial score (nSPS) is 9.95. The van der Waals surface area contributed by atoms with E-state index in [1.165, 1.54) is 12.1 Å². The zero-order chi connectivity index (χ0) is 13.8. The molecule has 0 saturated heterocycles. The molecule has 0 spiro atoms. The molecule has 1 aromatic carbocycles. The number of nitrogens with zero attached hydrogens (tertiary/aromatic N) is 2. The average Bonchev–Trinajstić information content (AvgIpc) is 2.39. The molecule has 19 heavy (non-hydrogen) atoms. The van der Waals surface area contributed by atoms with Crippen LogP contribution in [0.2, 0.25) is 0 Å². The van der Waals surface area contributed by atoms with Crippen LogP contribution in [0.25, 0.3) is 0 Å². The molecule has 0 radical (unpaired) electrons. The summed E-state index contributed by atoms with van der Waals surface area (Å²) in [5.74, 6) is -0.0832. The number of hydrogen-bond acceptors (Lipinski definition) is 4. The number of anilines is 1. The van der Waals surface area contributed by atoms with Crippen LogP contribution in [0.15, 0.2) is 47.1 Å². The molecule has 0 aliphatic rings. The molecule has 0 fully saturated rings. The molecule has 0 aliphatic carbocycles. The molecule has 0 atom stereocenters. The van der Waals surface area contributed by atoms with Gasteiger partial charge in [0.15, 0.2) is 0 Å². The van der Waals surface area contributed by atoms with Gasteiger partial charge in [-0.2, -0.15) is 0 Å². The van der Waals surface area contributed by atoms with Crippen molar-refractivity contribution in [3.63, 3.8) is 0 Å². The summed E-state index contributed by atoms with van der Waals surface area (Å²) in [5, 5.41) is 13.0. The van der Waals surface area contributed by atoms with Crippen LogP contribution in [0.5, 0.6) is 0 Å². The van der Waals surface area contributed by atoms with E-state index in [2.05, 4.69) is 26.2 Å². The zero-order valence-corrected chi connectivity index (χ0v) is 11.1. The van der Waals surface area contributed by atoms with Crippen molar-refractivity contribution in [3.8, 4) is 0 Å². The number of amides is 1. The van der Waals surface area contributed by atoms with E-state index < -0.39 is 4.92 Å². The highest BCUT2D eigenvalue weighted by Gasteiger charge is 2.11. The van der Waals surface area contributed by atoms with Crippen LogP contribution in [0.1, 0.15) is 10.4 Å². The summed E-state index contributed by atoms with van der Waals surface area (Å²) in [6.45, 7) is 0. The van der Waals surface area contributed by atoms with Gasteiger partial charge in [-0.3, -0.25) is 14.9 Å². The fourth-order valence-corrected chi connectivity index (χ4v) is 1.86. The third-order valence-corrected chi connectivity index (χ3v) is 3.01. The van der Waals surface area contributed by atoms with Crippen molar-refractivity contribution >= 4 is 33.3 Å². The van der Waals surface area contributed by atoms with Crippen LogP contribution in [-0.2, 0) is 0 Å². The van der Waals surface area contributed by atoms with E-state index >= 15 is 0 Å². The van der Waals surface area contributed by atoms with Crippen LogP contribution >= 0.6 is 15.9 Å². The van der Waals surface area contributed by atoms with E-state index in [9.17, 15) is 14.9 Å². The summed E-state index contributed by atoms with van der Waals surface area (Å²) >= 11 is 3.27. The SMILES string of the molecule is O=C(Nc1ccc([N+](=O)[O-])cn1)c1ccccc1Br. The van der Waals surface area contributed by atoms with Gasteiger partial charge in [0.2, 0.25) is 0 Å². The largest absolute Gasteiger partial charge is 0.307 e. The second kappa shape index (κ2) is 5.57. The Labute approximate surface area is 116 Å². The third-order valence-electron chi connectivity index (χ3n) is 2.32. The van der Waals surface area contributed by atoms with Crippen LogP contribution in [-0.4, -0.2) is 15.8 Å². The summed E-state index contributed by atoms with van der Waals surface area (Å²) < 4.78 is 0.661. The summed E-state index contributed by atoms with van der Waals surface area (Å²) in [6.07, 6.45) is 1.09. The van der Waals surface area contributed by atoms with Crippen LogP contribution in [0.3, 0.4) is 0 Å². The predicted octanol–water partition coefficient (Wildman–Crippen LogP) is 3.00. The number of nitro groups is 1. The zero-order valence-electron chi connectivity index (χ0n) is 9.54. The molecule has 1 heterocycles. The molecule has 0 bridgehead atoms. The summed E-state index contributed by atoms with van der Waals surface area (Å²) in [4.78, 5) is 25.7. The van der Waals surface area contributed by atoms with Gasteiger partial charge in [-0.1, -0.05) is 12.1 Å². The number of carbonyl (C=O) groups excluding carboxylic acids is 1. The number of hydrogen-bond donors (Lipinski definition) is 1. The second-order valence-corrected chi connectivity index (χ2v) is 4.45. The molecule has 1 N–H and O–H groups in total. The fraction of sp³-hybridized carbons (Fsp3) is 0. The lowest BCUT2D eigenvalue weighted by molar-refractivity contribution is -0.385. The lowest BCUT2D eigenvalue weighted by atomic mass is 10.2. The maximum absolute atomic E-state index is 11.9. The molecule has 2 aromatic rings. The molecular weight excluding hydrogens is 314 g/mol. The number of carbonyl (C=O) groups is 1. The van der Waals surface area contributed by atoms with Crippen LogP contribution < -0.4 is 5.32 Å². The molecule has 2 rings (SSSR count). The monoisotopic (exact) mass is 321 g/mol. The first-order valence-corrected chi connectivity index (χ1v) is 6.03. The molecule has 0 saturated carbocycles. The van der Waals surface area contributed by atoms with E-state index in [0.29, 0.717) is 10.0 Å². The Bertz CT molecular complexity index is 628. The first-order chi connectivity index (χ1) is 9.08. The van der Waals surface area contributed by atoms with Gasteiger partial charge in [0, 0.05) is 10.5 Å². The first kappa shape index (κ1) is 13.2. The van der Waals surface area contributed by atoms with E-state index in [-0.39, 0.29) is 17.4 Å². The Kier molecular flexibility index (Phi) is 3.86. The molecule has 96 valence electrons. The highest BCUT2D eigenvalue weighted by atomic mass is 79.9. The van der Waals surface area contributed by atoms with Crippen molar-refractivity contribution in [2.45, 2.75) is 0 Å². The topological polar surface area (TPSA) is 85.1 Å². The molecule has 0 unspecified atom stereocenters. The number of rotatable bonds is 3.